The van der Waals surface area contributed by atoms with Crippen LogP contribution >= 0.6 is 11.3 Å². The van der Waals surface area contributed by atoms with Gasteiger partial charge in [-0.15, -0.1) is 11.3 Å². The Morgan fingerprint density at radius 2 is 2.11 bits per heavy atom. The minimum Gasteiger partial charge on any atom is -0.495 e. The first-order chi connectivity index (χ1) is 8.67. The van der Waals surface area contributed by atoms with E-state index in [1.807, 2.05) is 18.4 Å². The van der Waals surface area contributed by atoms with E-state index in [9.17, 15) is 4.79 Å². The molecule has 0 saturated carbocycles. The third kappa shape index (κ3) is 2.22. The fourth-order valence-electron chi connectivity index (χ4n) is 1.71. The van der Waals surface area contributed by atoms with Crippen LogP contribution in [0.15, 0.2) is 23.8 Å². The van der Waals surface area contributed by atoms with Gasteiger partial charge in [0.15, 0.2) is 0 Å². The van der Waals surface area contributed by atoms with Gasteiger partial charge in [0.25, 0.3) is 0 Å². The highest BCUT2D eigenvalue weighted by atomic mass is 32.1. The summed E-state index contributed by atoms with van der Waals surface area (Å²) in [5.41, 5.74) is 2.74. The Morgan fingerprint density at radius 3 is 2.78 bits per heavy atom. The molecule has 2 aromatic rings. The zero-order chi connectivity index (χ0) is 13.1. The Labute approximate surface area is 109 Å². The van der Waals surface area contributed by atoms with E-state index in [0.717, 1.165) is 16.7 Å². The number of aryl methyl sites for hydroxylation is 1. The monoisotopic (exact) mass is 263 g/mol. The lowest BCUT2D eigenvalue weighted by molar-refractivity contribution is 0.0607. The molecule has 0 saturated heterocycles. The summed E-state index contributed by atoms with van der Waals surface area (Å²) in [6.45, 7) is 1.96. The minimum absolute atomic E-state index is 0.328. The molecule has 0 atom stereocenters. The molecule has 0 N–H and O–H groups in total. The fraction of sp³-hybridized carbons (Fsp3) is 0.231. The average molecular weight is 263 g/mol. The second-order valence-corrected chi connectivity index (χ2v) is 4.61. The summed E-state index contributed by atoms with van der Waals surface area (Å²) in [4.78, 5) is 16.4. The minimum atomic E-state index is -0.328. The molecule has 4 nitrogen and oxygen atoms in total. The third-order valence-corrected chi connectivity index (χ3v) is 3.66. The van der Waals surface area contributed by atoms with Crippen LogP contribution in [-0.2, 0) is 4.74 Å². The summed E-state index contributed by atoms with van der Waals surface area (Å²) >= 11 is 1.37. The van der Waals surface area contributed by atoms with Gasteiger partial charge in [-0.2, -0.15) is 0 Å². The molecular formula is C13H13NO3S. The van der Waals surface area contributed by atoms with Crippen LogP contribution in [0.5, 0.6) is 5.75 Å². The van der Waals surface area contributed by atoms with Gasteiger partial charge in [-0.1, -0.05) is 0 Å². The smallest absolute Gasteiger partial charge is 0.348 e. The molecule has 0 bridgehead atoms. The summed E-state index contributed by atoms with van der Waals surface area (Å²) in [5, 5.41) is 1.93. The van der Waals surface area contributed by atoms with Crippen LogP contribution in [0, 0.1) is 6.92 Å². The summed E-state index contributed by atoms with van der Waals surface area (Å²) in [5.74, 6) is 0.333. The highest BCUT2D eigenvalue weighted by Gasteiger charge is 2.18. The van der Waals surface area contributed by atoms with Gasteiger partial charge in [0.1, 0.15) is 10.6 Å². The van der Waals surface area contributed by atoms with Crippen LogP contribution in [0.3, 0.4) is 0 Å². The lowest BCUT2D eigenvalue weighted by atomic mass is 10.0. The summed E-state index contributed by atoms with van der Waals surface area (Å²) in [7, 11) is 2.97. The number of hydrogen-bond acceptors (Lipinski definition) is 5. The predicted octanol–water partition coefficient (Wildman–Crippen LogP) is 2.91. The van der Waals surface area contributed by atoms with E-state index in [2.05, 4.69) is 4.98 Å². The van der Waals surface area contributed by atoms with E-state index >= 15 is 0 Å². The Kier molecular flexibility index (Phi) is 3.62. The number of carbonyl (C=O) groups excluding carboxylic acids is 1. The molecule has 0 unspecified atom stereocenters. The van der Waals surface area contributed by atoms with Crippen molar-refractivity contribution in [2.75, 3.05) is 14.2 Å². The van der Waals surface area contributed by atoms with Crippen molar-refractivity contribution in [1.82, 2.24) is 4.98 Å². The maximum atomic E-state index is 11.7. The molecule has 0 aliphatic heterocycles. The molecule has 0 fully saturated rings. The Balaban J connectivity index is 2.55. The molecule has 18 heavy (non-hydrogen) atoms. The molecule has 2 heterocycles. The Bertz CT molecular complexity index is 577. The number of ether oxygens (including phenoxy) is 2. The Hall–Kier alpha value is -1.88. The van der Waals surface area contributed by atoms with Gasteiger partial charge in [-0.25, -0.2) is 4.79 Å². The molecule has 94 valence electrons. The highest BCUT2D eigenvalue weighted by molar-refractivity contribution is 7.12. The number of pyridine rings is 1. The van der Waals surface area contributed by atoms with E-state index in [-0.39, 0.29) is 5.97 Å². The zero-order valence-electron chi connectivity index (χ0n) is 10.4. The number of carbonyl (C=O) groups is 1. The zero-order valence-corrected chi connectivity index (χ0v) is 11.2. The van der Waals surface area contributed by atoms with Crippen LogP contribution in [0.25, 0.3) is 11.1 Å². The molecular weight excluding hydrogens is 250 g/mol. The van der Waals surface area contributed by atoms with Crippen molar-refractivity contribution in [2.24, 2.45) is 0 Å². The van der Waals surface area contributed by atoms with Crippen LogP contribution in [0.1, 0.15) is 15.2 Å². The molecule has 0 aromatic carbocycles. The second-order valence-electron chi connectivity index (χ2n) is 3.73. The van der Waals surface area contributed by atoms with Gasteiger partial charge in [0.2, 0.25) is 0 Å². The first-order valence-electron chi connectivity index (χ1n) is 5.33. The SMILES string of the molecule is COC(=O)c1scc(C)c1-c1cncc(OC)c1. The number of hydrogen-bond donors (Lipinski definition) is 0. The molecule has 5 heteroatoms. The van der Waals surface area contributed by atoms with E-state index in [0.29, 0.717) is 10.6 Å². The highest BCUT2D eigenvalue weighted by Crippen LogP contribution is 2.33. The first kappa shape index (κ1) is 12.6. The fourth-order valence-corrected chi connectivity index (χ4v) is 2.70. The maximum Gasteiger partial charge on any atom is 0.348 e. The number of rotatable bonds is 3. The summed E-state index contributed by atoms with van der Waals surface area (Å²) < 4.78 is 9.93. The van der Waals surface area contributed by atoms with E-state index in [1.165, 1.54) is 18.4 Å². The van der Waals surface area contributed by atoms with Gasteiger partial charge in [-0.3, -0.25) is 4.98 Å². The second kappa shape index (κ2) is 5.18. The maximum absolute atomic E-state index is 11.7. The van der Waals surface area contributed by atoms with Crippen LogP contribution in [0.2, 0.25) is 0 Å². The number of nitrogens with zero attached hydrogens (tertiary/aromatic N) is 1. The van der Waals surface area contributed by atoms with Gasteiger partial charge in [-0.05, 0) is 23.9 Å². The van der Waals surface area contributed by atoms with Crippen LogP contribution in [0.4, 0.5) is 0 Å². The summed E-state index contributed by atoms with van der Waals surface area (Å²) in [6, 6.07) is 1.86. The number of aromatic nitrogens is 1. The molecule has 0 radical (unpaired) electrons. The molecule has 0 aliphatic carbocycles. The summed E-state index contributed by atoms with van der Waals surface area (Å²) in [6.07, 6.45) is 3.34. The van der Waals surface area contributed by atoms with E-state index in [1.54, 1.807) is 19.5 Å². The van der Waals surface area contributed by atoms with Crippen LogP contribution < -0.4 is 4.74 Å². The van der Waals surface area contributed by atoms with Gasteiger partial charge < -0.3 is 9.47 Å². The molecule has 0 spiro atoms. The van der Waals surface area contributed by atoms with Crippen molar-refractivity contribution in [1.29, 1.82) is 0 Å². The van der Waals surface area contributed by atoms with Crippen molar-refractivity contribution >= 4 is 17.3 Å². The van der Waals surface area contributed by atoms with Crippen molar-refractivity contribution in [3.63, 3.8) is 0 Å². The number of methoxy groups -OCH3 is 2. The largest absolute Gasteiger partial charge is 0.495 e. The standard InChI is InChI=1S/C13H13NO3S/c1-8-7-18-12(13(15)17-3)11(8)9-4-10(16-2)6-14-5-9/h4-7H,1-3H3. The van der Waals surface area contributed by atoms with Gasteiger partial charge >= 0.3 is 5.97 Å². The Morgan fingerprint density at radius 1 is 1.33 bits per heavy atom. The third-order valence-electron chi connectivity index (χ3n) is 2.58. The van der Waals surface area contributed by atoms with Crippen molar-refractivity contribution < 1.29 is 14.3 Å². The normalized spacial score (nSPS) is 10.2. The lowest BCUT2D eigenvalue weighted by Crippen LogP contribution is -2.00. The molecule has 2 aromatic heterocycles. The molecule has 0 amide bonds. The van der Waals surface area contributed by atoms with Crippen LogP contribution in [-0.4, -0.2) is 25.2 Å². The lowest BCUT2D eigenvalue weighted by Gasteiger charge is -2.06. The topological polar surface area (TPSA) is 48.4 Å². The molecule has 2 rings (SSSR count). The molecule has 0 aliphatic rings. The van der Waals surface area contributed by atoms with Crippen molar-refractivity contribution in [3.05, 3.63) is 34.3 Å². The average Bonchev–Trinajstić information content (AvgIpc) is 2.79. The number of thiophene rings is 1. The van der Waals surface area contributed by atoms with Gasteiger partial charge in [0.05, 0.1) is 20.4 Å². The number of esters is 1. The van der Waals surface area contributed by atoms with Crippen molar-refractivity contribution in [2.45, 2.75) is 6.92 Å². The van der Waals surface area contributed by atoms with E-state index < -0.39 is 0 Å². The van der Waals surface area contributed by atoms with Crippen molar-refractivity contribution in [3.8, 4) is 16.9 Å². The predicted molar refractivity (Wildman–Crippen MR) is 70.2 cm³/mol. The first-order valence-corrected chi connectivity index (χ1v) is 6.21. The van der Waals surface area contributed by atoms with Gasteiger partial charge in [0, 0.05) is 17.3 Å². The quantitative estimate of drug-likeness (QED) is 0.799. The van der Waals surface area contributed by atoms with E-state index in [4.69, 9.17) is 9.47 Å².